The van der Waals surface area contributed by atoms with E-state index in [1.165, 1.54) is 0 Å². The van der Waals surface area contributed by atoms with E-state index in [2.05, 4.69) is 11.8 Å². The van der Waals surface area contributed by atoms with Crippen molar-refractivity contribution in [1.29, 1.82) is 0 Å². The van der Waals surface area contributed by atoms with Crippen LogP contribution in [0.1, 0.15) is 26.7 Å². The van der Waals surface area contributed by atoms with Gasteiger partial charge in [-0.1, -0.05) is 0 Å². The molecule has 0 radical (unpaired) electrons. The Bertz CT molecular complexity index is 263. The summed E-state index contributed by atoms with van der Waals surface area (Å²) in [7, 11) is 0. The fourth-order valence-electron chi connectivity index (χ4n) is 2.17. The lowest BCUT2D eigenvalue weighted by Gasteiger charge is -2.30. The SMILES string of the molecule is CCOC(=O)OC1CCN(CC2OC2C)CC1. The molecule has 0 bridgehead atoms. The molecule has 2 aliphatic heterocycles. The number of hydrogen-bond acceptors (Lipinski definition) is 5. The van der Waals surface area contributed by atoms with Crippen molar-refractivity contribution >= 4 is 6.16 Å². The minimum Gasteiger partial charge on any atom is -0.435 e. The predicted molar refractivity (Wildman–Crippen MR) is 61.9 cm³/mol. The number of hydrogen-bond donors (Lipinski definition) is 0. The molecule has 0 aliphatic carbocycles. The molecule has 0 aromatic carbocycles. The molecule has 0 aromatic heterocycles. The first-order valence-corrected chi connectivity index (χ1v) is 6.40. The van der Waals surface area contributed by atoms with E-state index in [-0.39, 0.29) is 6.10 Å². The normalized spacial score (nSPS) is 30.0. The quantitative estimate of drug-likeness (QED) is 0.552. The van der Waals surface area contributed by atoms with E-state index in [4.69, 9.17) is 14.2 Å². The molecule has 2 saturated heterocycles. The highest BCUT2D eigenvalue weighted by Gasteiger charge is 2.36. The third-order valence-electron chi connectivity index (χ3n) is 3.33. The van der Waals surface area contributed by atoms with Gasteiger partial charge < -0.3 is 19.1 Å². The number of rotatable bonds is 4. The summed E-state index contributed by atoms with van der Waals surface area (Å²) in [6, 6.07) is 0. The van der Waals surface area contributed by atoms with Crippen molar-refractivity contribution in [3.8, 4) is 0 Å². The lowest BCUT2D eigenvalue weighted by molar-refractivity contribution is 0.00126. The Morgan fingerprint density at radius 2 is 2.06 bits per heavy atom. The average molecular weight is 243 g/mol. The van der Waals surface area contributed by atoms with Crippen LogP contribution in [-0.4, -0.2) is 55.6 Å². The standard InChI is InChI=1S/C12H21NO4/c1-3-15-12(14)17-10-4-6-13(7-5-10)8-11-9(2)16-11/h9-11H,3-8H2,1-2H3. The van der Waals surface area contributed by atoms with Crippen molar-refractivity contribution in [1.82, 2.24) is 4.90 Å². The van der Waals surface area contributed by atoms with Crippen LogP contribution < -0.4 is 0 Å². The van der Waals surface area contributed by atoms with Crippen LogP contribution in [-0.2, 0) is 14.2 Å². The van der Waals surface area contributed by atoms with Crippen LogP contribution in [0.3, 0.4) is 0 Å². The van der Waals surface area contributed by atoms with Gasteiger partial charge in [0.1, 0.15) is 6.10 Å². The maximum absolute atomic E-state index is 11.1. The molecule has 5 nitrogen and oxygen atoms in total. The molecule has 17 heavy (non-hydrogen) atoms. The topological polar surface area (TPSA) is 51.3 Å². The van der Waals surface area contributed by atoms with E-state index in [9.17, 15) is 4.79 Å². The van der Waals surface area contributed by atoms with Crippen molar-refractivity contribution in [2.45, 2.75) is 45.0 Å². The smallest absolute Gasteiger partial charge is 0.435 e. The second-order valence-corrected chi connectivity index (χ2v) is 4.68. The summed E-state index contributed by atoms with van der Waals surface area (Å²) in [6.45, 7) is 7.19. The van der Waals surface area contributed by atoms with Gasteiger partial charge in [0, 0.05) is 19.6 Å². The summed E-state index contributed by atoms with van der Waals surface area (Å²) in [4.78, 5) is 13.5. The van der Waals surface area contributed by atoms with Crippen LogP contribution in [0.25, 0.3) is 0 Å². The summed E-state index contributed by atoms with van der Waals surface area (Å²) < 4.78 is 15.4. The van der Waals surface area contributed by atoms with Gasteiger partial charge >= 0.3 is 6.16 Å². The van der Waals surface area contributed by atoms with E-state index >= 15 is 0 Å². The van der Waals surface area contributed by atoms with Gasteiger partial charge in [-0.2, -0.15) is 0 Å². The molecule has 98 valence electrons. The number of ether oxygens (including phenoxy) is 3. The number of epoxide rings is 1. The Kier molecular flexibility index (Phi) is 4.23. The number of nitrogens with zero attached hydrogens (tertiary/aromatic N) is 1. The first kappa shape index (κ1) is 12.6. The number of carbonyl (C=O) groups excluding carboxylic acids is 1. The molecule has 0 saturated carbocycles. The van der Waals surface area contributed by atoms with Crippen molar-refractivity contribution in [2.75, 3.05) is 26.2 Å². The summed E-state index contributed by atoms with van der Waals surface area (Å²) in [6.07, 6.45) is 2.09. The Hall–Kier alpha value is -0.810. The molecule has 2 fully saturated rings. The zero-order chi connectivity index (χ0) is 12.3. The fraction of sp³-hybridized carbons (Fsp3) is 0.917. The molecule has 2 aliphatic rings. The molecule has 0 aromatic rings. The summed E-state index contributed by atoms with van der Waals surface area (Å²) in [5.41, 5.74) is 0. The van der Waals surface area contributed by atoms with Crippen LogP contribution in [0.15, 0.2) is 0 Å². The van der Waals surface area contributed by atoms with Crippen molar-refractivity contribution < 1.29 is 19.0 Å². The first-order valence-electron chi connectivity index (χ1n) is 6.40. The average Bonchev–Trinajstić information content (AvgIpc) is 2.97. The second-order valence-electron chi connectivity index (χ2n) is 4.68. The Morgan fingerprint density at radius 1 is 1.41 bits per heavy atom. The molecule has 2 rings (SSSR count). The minimum atomic E-state index is -0.537. The summed E-state index contributed by atoms with van der Waals surface area (Å²) in [5, 5.41) is 0. The molecule has 2 heterocycles. The lowest BCUT2D eigenvalue weighted by Crippen LogP contribution is -2.40. The van der Waals surface area contributed by atoms with E-state index in [0.29, 0.717) is 18.8 Å². The number of likely N-dealkylation sites (tertiary alicyclic amines) is 1. The Balaban J connectivity index is 1.62. The van der Waals surface area contributed by atoms with Gasteiger partial charge in [0.05, 0.1) is 18.8 Å². The Labute approximate surface area is 102 Å². The fourth-order valence-corrected chi connectivity index (χ4v) is 2.17. The lowest BCUT2D eigenvalue weighted by atomic mass is 10.1. The van der Waals surface area contributed by atoms with Gasteiger partial charge in [-0.15, -0.1) is 0 Å². The molecule has 0 amide bonds. The van der Waals surface area contributed by atoms with Crippen LogP contribution in [0.4, 0.5) is 4.79 Å². The predicted octanol–water partition coefficient (Wildman–Crippen LogP) is 1.41. The zero-order valence-corrected chi connectivity index (χ0v) is 10.6. The molecular formula is C12H21NO4. The Morgan fingerprint density at radius 3 is 2.59 bits per heavy atom. The largest absolute Gasteiger partial charge is 0.508 e. The van der Waals surface area contributed by atoms with Crippen LogP contribution in [0.2, 0.25) is 0 Å². The first-order chi connectivity index (χ1) is 8.19. The van der Waals surface area contributed by atoms with E-state index in [0.717, 1.165) is 32.5 Å². The highest BCUT2D eigenvalue weighted by molar-refractivity contribution is 5.60. The molecule has 0 spiro atoms. The van der Waals surface area contributed by atoms with Gasteiger partial charge in [-0.25, -0.2) is 4.79 Å². The number of carbonyl (C=O) groups is 1. The highest BCUT2D eigenvalue weighted by Crippen LogP contribution is 2.24. The van der Waals surface area contributed by atoms with E-state index in [1.807, 2.05) is 0 Å². The van der Waals surface area contributed by atoms with E-state index < -0.39 is 6.16 Å². The molecule has 2 unspecified atom stereocenters. The highest BCUT2D eigenvalue weighted by atomic mass is 16.7. The molecule has 2 atom stereocenters. The maximum atomic E-state index is 11.1. The molecular weight excluding hydrogens is 222 g/mol. The van der Waals surface area contributed by atoms with Gasteiger partial charge in [-0.05, 0) is 26.7 Å². The minimum absolute atomic E-state index is 0.0165. The van der Waals surface area contributed by atoms with Crippen LogP contribution >= 0.6 is 0 Å². The number of piperidine rings is 1. The van der Waals surface area contributed by atoms with Crippen LogP contribution in [0, 0.1) is 0 Å². The van der Waals surface area contributed by atoms with Gasteiger partial charge in [0.25, 0.3) is 0 Å². The summed E-state index contributed by atoms with van der Waals surface area (Å²) in [5.74, 6) is 0. The zero-order valence-electron chi connectivity index (χ0n) is 10.6. The monoisotopic (exact) mass is 243 g/mol. The third-order valence-corrected chi connectivity index (χ3v) is 3.33. The third kappa shape index (κ3) is 3.85. The van der Waals surface area contributed by atoms with Crippen molar-refractivity contribution in [3.63, 3.8) is 0 Å². The second kappa shape index (κ2) is 5.69. The summed E-state index contributed by atoms with van der Waals surface area (Å²) >= 11 is 0. The van der Waals surface area contributed by atoms with Crippen LogP contribution in [0.5, 0.6) is 0 Å². The molecule has 5 heteroatoms. The van der Waals surface area contributed by atoms with Gasteiger partial charge in [-0.3, -0.25) is 0 Å². The van der Waals surface area contributed by atoms with E-state index in [1.54, 1.807) is 6.92 Å². The molecule has 0 N–H and O–H groups in total. The van der Waals surface area contributed by atoms with Crippen molar-refractivity contribution in [2.24, 2.45) is 0 Å². The van der Waals surface area contributed by atoms with Crippen molar-refractivity contribution in [3.05, 3.63) is 0 Å². The maximum Gasteiger partial charge on any atom is 0.508 e. The van der Waals surface area contributed by atoms with Gasteiger partial charge in [0.15, 0.2) is 0 Å². The van der Waals surface area contributed by atoms with Gasteiger partial charge in [0.2, 0.25) is 0 Å².